The van der Waals surface area contributed by atoms with Crippen LogP contribution in [0.5, 0.6) is 5.75 Å². The molecule has 1 aliphatic heterocycles. The number of ether oxygens (including phenoxy) is 1. The molecule has 3 rings (SSSR count). The molecule has 1 amide bonds. The number of aliphatic carboxylic acids is 1. The molecule has 0 aliphatic carbocycles. The highest BCUT2D eigenvalue weighted by Gasteiger charge is 2.35. The molecule has 31 heavy (non-hydrogen) atoms. The van der Waals surface area contributed by atoms with E-state index in [2.05, 4.69) is 30.8 Å². The summed E-state index contributed by atoms with van der Waals surface area (Å²) in [4.78, 5) is 34.9. The Hall–Kier alpha value is -2.54. The molecule has 2 aromatic rings. The van der Waals surface area contributed by atoms with Gasteiger partial charge in [-0.15, -0.1) is 0 Å². The number of fused-ring (bicyclic) bond motifs is 1. The lowest BCUT2D eigenvalue weighted by Gasteiger charge is -2.24. The predicted octanol–water partition coefficient (Wildman–Crippen LogP) is 4.00. The van der Waals surface area contributed by atoms with Crippen LogP contribution in [-0.4, -0.2) is 53.1 Å². The number of ketones is 1. The summed E-state index contributed by atoms with van der Waals surface area (Å²) in [7, 11) is 1.67. The third-order valence-corrected chi connectivity index (χ3v) is 5.94. The Bertz CT molecular complexity index is 929. The molecule has 0 spiro atoms. The van der Waals surface area contributed by atoms with Crippen LogP contribution in [0.4, 0.5) is 0 Å². The van der Waals surface area contributed by atoms with E-state index in [0.29, 0.717) is 25.1 Å². The van der Waals surface area contributed by atoms with Crippen molar-refractivity contribution in [2.24, 2.45) is 5.92 Å². The van der Waals surface area contributed by atoms with Crippen molar-refractivity contribution in [1.29, 1.82) is 0 Å². The quantitative estimate of drug-likeness (QED) is 0.630. The molecule has 0 unspecified atom stereocenters. The number of carbonyl (C=O) groups excluding carboxylic acids is 2. The van der Waals surface area contributed by atoms with Crippen LogP contribution in [0.25, 0.3) is 10.8 Å². The second-order valence-electron chi connectivity index (χ2n) is 7.86. The molecule has 0 saturated carbocycles. The van der Waals surface area contributed by atoms with Crippen LogP contribution >= 0.6 is 12.6 Å². The molecule has 2 atom stereocenters. The molecule has 7 heteroatoms. The monoisotopic (exact) mass is 445 g/mol. The first kappa shape index (κ1) is 24.7. The fraction of sp³-hybridized carbons (Fsp3) is 0.458. The average molecular weight is 446 g/mol. The van der Waals surface area contributed by atoms with Gasteiger partial charge in [0.2, 0.25) is 5.91 Å². The van der Waals surface area contributed by atoms with Gasteiger partial charge in [-0.05, 0) is 54.7 Å². The Balaban J connectivity index is 0.000000225. The topological polar surface area (TPSA) is 83.9 Å². The molecular weight excluding hydrogens is 414 g/mol. The van der Waals surface area contributed by atoms with E-state index >= 15 is 0 Å². The third-order valence-electron chi connectivity index (χ3n) is 5.39. The summed E-state index contributed by atoms with van der Waals surface area (Å²) in [6, 6.07) is 11.7. The first-order valence-corrected chi connectivity index (χ1v) is 11.1. The lowest BCUT2D eigenvalue weighted by Crippen LogP contribution is -2.43. The van der Waals surface area contributed by atoms with E-state index in [-0.39, 0.29) is 17.6 Å². The maximum Gasteiger partial charge on any atom is 0.326 e. The Morgan fingerprint density at radius 1 is 1.19 bits per heavy atom. The number of carbonyl (C=O) groups is 3. The van der Waals surface area contributed by atoms with Gasteiger partial charge in [0.15, 0.2) is 0 Å². The number of hydrogen-bond donors (Lipinski definition) is 2. The molecule has 1 saturated heterocycles. The van der Waals surface area contributed by atoms with Gasteiger partial charge in [0, 0.05) is 24.6 Å². The van der Waals surface area contributed by atoms with Crippen molar-refractivity contribution in [3.05, 3.63) is 42.0 Å². The second kappa shape index (κ2) is 11.7. The second-order valence-corrected chi connectivity index (χ2v) is 8.23. The summed E-state index contributed by atoms with van der Waals surface area (Å²) in [5.41, 5.74) is 1.21. The van der Waals surface area contributed by atoms with E-state index in [4.69, 9.17) is 9.84 Å². The zero-order valence-corrected chi connectivity index (χ0v) is 19.2. The van der Waals surface area contributed by atoms with Crippen LogP contribution in [0.3, 0.4) is 0 Å². The smallest absolute Gasteiger partial charge is 0.326 e. The van der Waals surface area contributed by atoms with Crippen LogP contribution in [0.1, 0.15) is 38.7 Å². The zero-order valence-electron chi connectivity index (χ0n) is 18.3. The minimum absolute atomic E-state index is 0.0927. The fourth-order valence-corrected chi connectivity index (χ4v) is 3.68. The number of carboxylic acid groups (broad SMARTS) is 1. The highest BCUT2D eigenvalue weighted by Crippen LogP contribution is 2.22. The number of methoxy groups -OCH3 is 1. The molecule has 2 aromatic carbocycles. The lowest BCUT2D eigenvalue weighted by molar-refractivity contribution is -0.149. The summed E-state index contributed by atoms with van der Waals surface area (Å²) in [6.07, 6.45) is 2.78. The lowest BCUT2D eigenvalue weighted by atomic mass is 10.0. The largest absolute Gasteiger partial charge is 0.497 e. The van der Waals surface area contributed by atoms with Gasteiger partial charge in [0.05, 0.1) is 7.11 Å². The number of rotatable bonds is 7. The molecular formula is C24H31NO5S. The summed E-state index contributed by atoms with van der Waals surface area (Å²) in [5.74, 6) is 0.376. The first-order valence-electron chi connectivity index (χ1n) is 10.5. The zero-order chi connectivity index (χ0) is 23.0. The van der Waals surface area contributed by atoms with E-state index in [0.717, 1.165) is 24.0 Å². The number of amides is 1. The molecule has 1 aliphatic rings. The van der Waals surface area contributed by atoms with E-state index < -0.39 is 12.0 Å². The van der Waals surface area contributed by atoms with E-state index in [9.17, 15) is 14.4 Å². The normalized spacial score (nSPS) is 16.4. The third kappa shape index (κ3) is 6.99. The van der Waals surface area contributed by atoms with Gasteiger partial charge < -0.3 is 19.5 Å². The van der Waals surface area contributed by atoms with Crippen molar-refractivity contribution >= 4 is 41.1 Å². The Morgan fingerprint density at radius 2 is 1.87 bits per heavy atom. The standard InChI is InChI=1S/C15H16O2.C9H15NO3S/c1-11(16)3-4-12-5-6-14-10-15(17-2)8-7-13(14)9-12;1-6(5-14)8(11)10-4-2-3-7(10)9(12)13/h5-10H,3-4H2,1-2H3;6-7,14H,2-5H2,1H3,(H,12,13)/t;6-,7+/m.1/s1. The van der Waals surface area contributed by atoms with Crippen molar-refractivity contribution < 1.29 is 24.2 Å². The molecule has 0 bridgehead atoms. The van der Waals surface area contributed by atoms with Crippen LogP contribution in [-0.2, 0) is 20.8 Å². The van der Waals surface area contributed by atoms with Crippen molar-refractivity contribution in [1.82, 2.24) is 4.90 Å². The van der Waals surface area contributed by atoms with Gasteiger partial charge in [-0.25, -0.2) is 4.79 Å². The van der Waals surface area contributed by atoms with Gasteiger partial charge >= 0.3 is 5.97 Å². The Morgan fingerprint density at radius 3 is 2.48 bits per heavy atom. The van der Waals surface area contributed by atoms with E-state index in [1.807, 2.05) is 18.2 Å². The Kier molecular flexibility index (Phi) is 9.37. The summed E-state index contributed by atoms with van der Waals surface area (Å²) in [6.45, 7) is 3.96. The predicted molar refractivity (Wildman–Crippen MR) is 125 cm³/mol. The number of hydrogen-bond acceptors (Lipinski definition) is 5. The van der Waals surface area contributed by atoms with Crippen molar-refractivity contribution in [3.8, 4) is 5.75 Å². The van der Waals surface area contributed by atoms with Gasteiger partial charge in [0.25, 0.3) is 0 Å². The first-order chi connectivity index (χ1) is 14.8. The van der Waals surface area contributed by atoms with Crippen LogP contribution in [0.15, 0.2) is 36.4 Å². The summed E-state index contributed by atoms with van der Waals surface area (Å²) in [5, 5.41) is 11.2. The molecule has 168 valence electrons. The van der Waals surface area contributed by atoms with Crippen LogP contribution < -0.4 is 4.74 Å². The molecule has 6 nitrogen and oxygen atoms in total. The van der Waals surface area contributed by atoms with Gasteiger partial charge in [-0.2, -0.15) is 12.6 Å². The number of aryl methyl sites for hydroxylation is 1. The van der Waals surface area contributed by atoms with Crippen LogP contribution in [0, 0.1) is 5.92 Å². The highest BCUT2D eigenvalue weighted by molar-refractivity contribution is 7.80. The fourth-order valence-electron chi connectivity index (χ4n) is 3.52. The van der Waals surface area contributed by atoms with Crippen LogP contribution in [0.2, 0.25) is 0 Å². The molecule has 0 radical (unpaired) electrons. The average Bonchev–Trinajstić information content (AvgIpc) is 3.26. The van der Waals surface area contributed by atoms with E-state index in [1.54, 1.807) is 21.0 Å². The number of benzene rings is 2. The molecule has 1 heterocycles. The van der Waals surface area contributed by atoms with E-state index in [1.165, 1.54) is 15.8 Å². The maximum absolute atomic E-state index is 11.7. The number of likely N-dealkylation sites (tertiary alicyclic amines) is 1. The molecule has 0 aromatic heterocycles. The minimum atomic E-state index is -0.901. The van der Waals surface area contributed by atoms with Gasteiger partial charge in [0.1, 0.15) is 17.6 Å². The summed E-state index contributed by atoms with van der Waals surface area (Å²) < 4.78 is 5.19. The maximum atomic E-state index is 11.7. The molecule has 1 fully saturated rings. The number of Topliss-reactive ketones (excluding diaryl/α,β-unsaturated/α-hetero) is 1. The van der Waals surface area contributed by atoms with Crippen molar-refractivity contribution in [3.63, 3.8) is 0 Å². The van der Waals surface area contributed by atoms with Gasteiger partial charge in [-0.3, -0.25) is 4.79 Å². The number of thiol groups is 1. The summed E-state index contributed by atoms with van der Waals surface area (Å²) >= 11 is 4.03. The SMILES string of the molecule is COc1ccc2cc(CCC(C)=O)ccc2c1.C[C@H](CS)C(=O)N1CCC[C@H]1C(=O)O. The van der Waals surface area contributed by atoms with Gasteiger partial charge in [-0.1, -0.05) is 31.2 Å². The number of nitrogens with zero attached hydrogens (tertiary/aromatic N) is 1. The van der Waals surface area contributed by atoms with Crippen molar-refractivity contribution in [2.75, 3.05) is 19.4 Å². The number of carboxylic acids is 1. The molecule has 1 N–H and O–H groups in total. The highest BCUT2D eigenvalue weighted by atomic mass is 32.1. The van der Waals surface area contributed by atoms with Crippen molar-refractivity contribution in [2.45, 2.75) is 45.6 Å². The Labute approximate surface area is 189 Å². The minimum Gasteiger partial charge on any atom is -0.497 e.